The van der Waals surface area contributed by atoms with Gasteiger partial charge in [-0.15, -0.1) is 0 Å². The Balaban J connectivity index is 1.94. The number of rotatable bonds is 6. The van der Waals surface area contributed by atoms with Crippen LogP contribution in [0.1, 0.15) is 43.5 Å². The molecule has 2 heterocycles. The quantitative estimate of drug-likeness (QED) is 0.377. The second kappa shape index (κ2) is 10.3. The van der Waals surface area contributed by atoms with E-state index in [2.05, 4.69) is 4.99 Å². The summed E-state index contributed by atoms with van der Waals surface area (Å²) >= 11 is 1.25. The van der Waals surface area contributed by atoms with Gasteiger partial charge in [0.15, 0.2) is 16.3 Å². The maximum absolute atomic E-state index is 13.7. The van der Waals surface area contributed by atoms with E-state index in [1.165, 1.54) is 29.9 Å². The third-order valence-electron chi connectivity index (χ3n) is 5.65. The van der Waals surface area contributed by atoms with E-state index in [4.69, 9.17) is 14.2 Å². The van der Waals surface area contributed by atoms with Gasteiger partial charge in [0.05, 0.1) is 35.6 Å². The van der Waals surface area contributed by atoms with Crippen molar-refractivity contribution in [3.8, 4) is 11.5 Å². The van der Waals surface area contributed by atoms with Crippen LogP contribution in [-0.4, -0.2) is 30.2 Å². The first-order chi connectivity index (χ1) is 17.2. The van der Waals surface area contributed by atoms with Gasteiger partial charge in [0.25, 0.3) is 5.56 Å². The molecule has 0 saturated heterocycles. The number of hydrogen-bond acceptors (Lipinski definition) is 8. The molecule has 0 N–H and O–H groups in total. The molecule has 4 rings (SSSR count). The largest absolute Gasteiger partial charge is 0.493 e. The Bertz CT molecular complexity index is 1550. The van der Waals surface area contributed by atoms with E-state index < -0.39 is 18.0 Å². The molecule has 0 aliphatic carbocycles. The summed E-state index contributed by atoms with van der Waals surface area (Å²) in [7, 11) is 1.45. The first-order valence-electron chi connectivity index (χ1n) is 11.4. The zero-order valence-electron chi connectivity index (χ0n) is 20.7. The molecule has 1 atom stereocenters. The van der Waals surface area contributed by atoms with Gasteiger partial charge in [0.2, 0.25) is 0 Å². The van der Waals surface area contributed by atoms with E-state index in [0.717, 1.165) is 11.1 Å². The first-order valence-corrected chi connectivity index (χ1v) is 12.2. The lowest BCUT2D eigenvalue weighted by Crippen LogP contribution is -2.40. The molecule has 0 spiro atoms. The summed E-state index contributed by atoms with van der Waals surface area (Å²) < 4.78 is 18.0. The monoisotopic (exact) mass is 506 g/mol. The van der Waals surface area contributed by atoms with Crippen molar-refractivity contribution in [2.45, 2.75) is 33.7 Å². The van der Waals surface area contributed by atoms with Gasteiger partial charge in [0.1, 0.15) is 0 Å². The normalized spacial score (nSPS) is 15.2. The van der Waals surface area contributed by atoms with Crippen molar-refractivity contribution in [3.05, 3.63) is 90.1 Å². The third-order valence-corrected chi connectivity index (χ3v) is 6.63. The number of fused-ring (bicyclic) bond motifs is 1. The van der Waals surface area contributed by atoms with Gasteiger partial charge < -0.3 is 14.2 Å². The number of esters is 2. The smallest absolute Gasteiger partial charge is 0.338 e. The number of methoxy groups -OCH3 is 1. The fraction of sp³-hybridized carbons (Fsp3) is 0.259. The number of aromatic nitrogens is 1. The van der Waals surface area contributed by atoms with Crippen LogP contribution in [0.3, 0.4) is 0 Å². The van der Waals surface area contributed by atoms with E-state index in [1.54, 1.807) is 32.0 Å². The van der Waals surface area contributed by atoms with Crippen LogP contribution >= 0.6 is 11.3 Å². The Kier molecular flexibility index (Phi) is 7.21. The van der Waals surface area contributed by atoms with Crippen LogP contribution in [0.15, 0.2) is 63.5 Å². The second-order valence-electron chi connectivity index (χ2n) is 8.22. The lowest BCUT2D eigenvalue weighted by atomic mass is 9.95. The number of hydrogen-bond donors (Lipinski definition) is 0. The Morgan fingerprint density at radius 2 is 1.83 bits per heavy atom. The molecule has 1 aliphatic heterocycles. The Morgan fingerprint density at radius 1 is 1.11 bits per heavy atom. The molecular weight excluding hydrogens is 480 g/mol. The first kappa shape index (κ1) is 25.1. The third kappa shape index (κ3) is 4.87. The SMILES string of the molecule is CCOC(=O)C1=C(C)N=c2s/c(=C\c3ccc(C)cc3)c(=O)n2C1c1ccc(OC(C)=O)c(OC)c1. The van der Waals surface area contributed by atoms with E-state index in [9.17, 15) is 14.4 Å². The summed E-state index contributed by atoms with van der Waals surface area (Å²) in [6.07, 6.45) is 1.81. The van der Waals surface area contributed by atoms with Crippen molar-refractivity contribution < 1.29 is 23.8 Å². The number of carbonyl (C=O) groups is 2. The van der Waals surface area contributed by atoms with Crippen LogP contribution in [0.2, 0.25) is 0 Å². The zero-order chi connectivity index (χ0) is 26.0. The highest BCUT2D eigenvalue weighted by Gasteiger charge is 2.34. The average Bonchev–Trinajstić information content (AvgIpc) is 3.14. The summed E-state index contributed by atoms with van der Waals surface area (Å²) in [6, 6.07) is 12.0. The molecule has 0 radical (unpaired) electrons. The van der Waals surface area contributed by atoms with Gasteiger partial charge in [-0.3, -0.25) is 14.2 Å². The Morgan fingerprint density at radius 3 is 2.47 bits per heavy atom. The fourth-order valence-corrected chi connectivity index (χ4v) is 5.06. The topological polar surface area (TPSA) is 96.2 Å². The van der Waals surface area contributed by atoms with Gasteiger partial charge in [-0.05, 0) is 50.1 Å². The molecule has 0 fully saturated rings. The maximum atomic E-state index is 13.7. The molecule has 9 heteroatoms. The van der Waals surface area contributed by atoms with Crippen molar-refractivity contribution in [2.75, 3.05) is 13.7 Å². The molecule has 2 aromatic carbocycles. The number of allylic oxidation sites excluding steroid dienone is 1. The number of thiazole rings is 1. The number of nitrogens with zero attached hydrogens (tertiary/aromatic N) is 2. The van der Waals surface area contributed by atoms with Crippen LogP contribution < -0.4 is 24.4 Å². The van der Waals surface area contributed by atoms with Gasteiger partial charge in [-0.1, -0.05) is 47.2 Å². The van der Waals surface area contributed by atoms with Crippen LogP contribution in [0.5, 0.6) is 11.5 Å². The molecule has 0 amide bonds. The van der Waals surface area contributed by atoms with E-state index in [0.29, 0.717) is 26.3 Å². The summed E-state index contributed by atoms with van der Waals surface area (Å²) in [6.45, 7) is 6.91. The molecule has 1 aliphatic rings. The predicted octanol–water partition coefficient (Wildman–Crippen LogP) is 3.04. The standard InChI is InChI=1S/C27H26N2O6S/c1-6-34-26(32)23-16(3)28-27-29(25(31)22(36-27)13-18-9-7-15(2)8-10-18)24(23)19-11-12-20(35-17(4)30)21(14-19)33-5/h7-14,24H,6H2,1-5H3/b22-13-. The van der Waals surface area contributed by atoms with E-state index in [1.807, 2.05) is 37.3 Å². The van der Waals surface area contributed by atoms with Crippen LogP contribution in [0.25, 0.3) is 6.08 Å². The number of carbonyl (C=O) groups excluding carboxylic acids is 2. The lowest BCUT2D eigenvalue weighted by molar-refractivity contribution is -0.139. The average molecular weight is 507 g/mol. The molecule has 3 aromatic rings. The molecule has 1 unspecified atom stereocenters. The van der Waals surface area contributed by atoms with Gasteiger partial charge in [-0.25, -0.2) is 9.79 Å². The molecule has 8 nitrogen and oxygen atoms in total. The van der Waals surface area contributed by atoms with Gasteiger partial charge in [0, 0.05) is 6.92 Å². The van der Waals surface area contributed by atoms with Crippen LogP contribution in [0.4, 0.5) is 0 Å². The molecule has 36 heavy (non-hydrogen) atoms. The molecule has 0 saturated carbocycles. The summed E-state index contributed by atoms with van der Waals surface area (Å²) in [5.74, 6) is -0.519. The minimum atomic E-state index is -0.805. The summed E-state index contributed by atoms with van der Waals surface area (Å²) in [5, 5.41) is 0. The van der Waals surface area contributed by atoms with E-state index in [-0.39, 0.29) is 23.5 Å². The second-order valence-corrected chi connectivity index (χ2v) is 9.23. The maximum Gasteiger partial charge on any atom is 0.338 e. The number of benzene rings is 2. The fourth-order valence-electron chi connectivity index (χ4n) is 4.01. The molecular formula is C27H26N2O6S. The summed E-state index contributed by atoms with van der Waals surface area (Å²) in [4.78, 5) is 43.3. The highest BCUT2D eigenvalue weighted by molar-refractivity contribution is 7.07. The highest BCUT2D eigenvalue weighted by atomic mass is 32.1. The van der Waals surface area contributed by atoms with E-state index >= 15 is 0 Å². The van der Waals surface area contributed by atoms with Crippen molar-refractivity contribution in [3.63, 3.8) is 0 Å². The summed E-state index contributed by atoms with van der Waals surface area (Å²) in [5.41, 5.74) is 3.04. The predicted molar refractivity (Wildman–Crippen MR) is 136 cm³/mol. The van der Waals surface area contributed by atoms with Crippen molar-refractivity contribution in [1.29, 1.82) is 0 Å². The van der Waals surface area contributed by atoms with Gasteiger partial charge >= 0.3 is 11.9 Å². The minimum absolute atomic E-state index is 0.175. The number of aryl methyl sites for hydroxylation is 1. The lowest BCUT2D eigenvalue weighted by Gasteiger charge is -2.25. The Labute approximate surface area is 211 Å². The zero-order valence-corrected chi connectivity index (χ0v) is 21.5. The minimum Gasteiger partial charge on any atom is -0.493 e. The van der Waals surface area contributed by atoms with Crippen LogP contribution in [0, 0.1) is 6.92 Å². The molecule has 1 aromatic heterocycles. The van der Waals surface area contributed by atoms with Crippen molar-refractivity contribution >= 4 is 29.4 Å². The van der Waals surface area contributed by atoms with Crippen LogP contribution in [-0.2, 0) is 14.3 Å². The van der Waals surface area contributed by atoms with Crippen molar-refractivity contribution in [1.82, 2.24) is 4.57 Å². The van der Waals surface area contributed by atoms with Gasteiger partial charge in [-0.2, -0.15) is 0 Å². The Hall–Kier alpha value is -3.98. The van der Waals surface area contributed by atoms with Crippen molar-refractivity contribution in [2.24, 2.45) is 4.99 Å². The molecule has 186 valence electrons. The highest BCUT2D eigenvalue weighted by Crippen LogP contribution is 2.36. The number of ether oxygens (including phenoxy) is 3. The molecule has 0 bridgehead atoms.